The average molecular weight is 403 g/mol. The summed E-state index contributed by atoms with van der Waals surface area (Å²) in [5.74, 6) is 0.604. The molecule has 3 rings (SSSR count). The number of carbonyl (C=O) groups excluding carboxylic acids is 1. The van der Waals surface area contributed by atoms with Crippen LogP contribution >= 0.6 is 0 Å². The summed E-state index contributed by atoms with van der Waals surface area (Å²) in [5.41, 5.74) is -0.122. The molecule has 0 atom stereocenters. The third-order valence-corrected chi connectivity index (χ3v) is 4.83. The van der Waals surface area contributed by atoms with Crippen LogP contribution in [-0.4, -0.2) is 53.0 Å². The SMILES string of the molecule is CCOc1nc2ccc(OC)cc2c(=O)n1C1CCN(C(=O)OC(C)(C)C)CC1. The quantitative estimate of drug-likeness (QED) is 0.778. The Kier molecular flexibility index (Phi) is 6.00. The standard InChI is InChI=1S/C21H29N3O5/c1-6-28-19-22-17-8-7-15(27-5)13-16(17)18(25)24(19)14-9-11-23(12-10-14)20(26)29-21(2,3)4/h7-8,13-14H,6,9-12H2,1-5H3. The summed E-state index contributed by atoms with van der Waals surface area (Å²) in [7, 11) is 1.56. The van der Waals surface area contributed by atoms with Gasteiger partial charge in [-0.3, -0.25) is 9.36 Å². The van der Waals surface area contributed by atoms with Crippen LogP contribution in [0.15, 0.2) is 23.0 Å². The van der Waals surface area contributed by atoms with Crippen LogP contribution in [0.25, 0.3) is 10.9 Å². The molecule has 0 aliphatic carbocycles. The normalized spacial score (nSPS) is 15.4. The Balaban J connectivity index is 1.89. The molecule has 1 aromatic heterocycles. The molecule has 1 amide bonds. The Labute approximate surface area is 170 Å². The second-order valence-corrected chi connectivity index (χ2v) is 8.08. The fourth-order valence-electron chi connectivity index (χ4n) is 3.47. The lowest BCUT2D eigenvalue weighted by molar-refractivity contribution is 0.0185. The van der Waals surface area contributed by atoms with Gasteiger partial charge in [0.2, 0.25) is 0 Å². The van der Waals surface area contributed by atoms with Gasteiger partial charge in [0.15, 0.2) is 0 Å². The Bertz CT molecular complexity index is 940. The smallest absolute Gasteiger partial charge is 0.410 e. The first-order valence-electron chi connectivity index (χ1n) is 9.94. The maximum atomic E-state index is 13.3. The summed E-state index contributed by atoms with van der Waals surface area (Å²) < 4.78 is 18.0. The van der Waals surface area contributed by atoms with Gasteiger partial charge in [-0.05, 0) is 58.7 Å². The number of nitrogens with zero attached hydrogens (tertiary/aromatic N) is 3. The molecule has 158 valence electrons. The van der Waals surface area contributed by atoms with Gasteiger partial charge in [-0.1, -0.05) is 0 Å². The number of amides is 1. The Morgan fingerprint density at radius 2 is 1.93 bits per heavy atom. The van der Waals surface area contributed by atoms with E-state index in [9.17, 15) is 9.59 Å². The third kappa shape index (κ3) is 4.63. The van der Waals surface area contributed by atoms with Gasteiger partial charge in [0, 0.05) is 19.1 Å². The fourth-order valence-corrected chi connectivity index (χ4v) is 3.47. The largest absolute Gasteiger partial charge is 0.497 e. The van der Waals surface area contributed by atoms with E-state index in [-0.39, 0.29) is 17.7 Å². The minimum absolute atomic E-state index is 0.106. The number of likely N-dealkylation sites (tertiary alicyclic amines) is 1. The zero-order valence-corrected chi connectivity index (χ0v) is 17.7. The van der Waals surface area contributed by atoms with Crippen molar-refractivity contribution in [3.8, 4) is 11.8 Å². The van der Waals surface area contributed by atoms with Gasteiger partial charge in [-0.2, -0.15) is 4.98 Å². The van der Waals surface area contributed by atoms with Crippen molar-refractivity contribution in [3.05, 3.63) is 28.6 Å². The zero-order chi connectivity index (χ0) is 21.2. The Hall–Kier alpha value is -2.77. The van der Waals surface area contributed by atoms with E-state index in [0.717, 1.165) is 0 Å². The molecule has 0 N–H and O–H groups in total. The van der Waals surface area contributed by atoms with Crippen molar-refractivity contribution in [2.45, 2.75) is 52.2 Å². The molecule has 2 aromatic rings. The van der Waals surface area contributed by atoms with Gasteiger partial charge in [0.25, 0.3) is 11.6 Å². The van der Waals surface area contributed by atoms with Crippen LogP contribution in [0.2, 0.25) is 0 Å². The van der Waals surface area contributed by atoms with E-state index in [4.69, 9.17) is 14.2 Å². The van der Waals surface area contributed by atoms with Crippen molar-refractivity contribution < 1.29 is 19.0 Å². The molecule has 2 heterocycles. The number of rotatable bonds is 4. The van der Waals surface area contributed by atoms with E-state index in [2.05, 4.69) is 4.98 Å². The molecule has 0 unspecified atom stereocenters. The van der Waals surface area contributed by atoms with Crippen molar-refractivity contribution in [1.29, 1.82) is 0 Å². The first-order chi connectivity index (χ1) is 13.7. The Morgan fingerprint density at radius 3 is 2.52 bits per heavy atom. The van der Waals surface area contributed by atoms with Gasteiger partial charge in [-0.15, -0.1) is 0 Å². The first kappa shape index (κ1) is 21.0. The topological polar surface area (TPSA) is 82.9 Å². The second kappa shape index (κ2) is 8.31. The number of fused-ring (bicyclic) bond motifs is 1. The Morgan fingerprint density at radius 1 is 1.24 bits per heavy atom. The van der Waals surface area contributed by atoms with Gasteiger partial charge < -0.3 is 19.1 Å². The number of ether oxygens (including phenoxy) is 3. The highest BCUT2D eigenvalue weighted by atomic mass is 16.6. The van der Waals surface area contributed by atoms with Crippen LogP contribution in [0.3, 0.4) is 0 Å². The van der Waals surface area contributed by atoms with Crippen molar-refractivity contribution in [1.82, 2.24) is 14.5 Å². The number of piperidine rings is 1. The van der Waals surface area contributed by atoms with E-state index in [1.54, 1.807) is 34.8 Å². The minimum atomic E-state index is -0.533. The predicted octanol–water partition coefficient (Wildman–Crippen LogP) is 3.38. The minimum Gasteiger partial charge on any atom is -0.497 e. The van der Waals surface area contributed by atoms with Gasteiger partial charge in [0.1, 0.15) is 11.4 Å². The molecule has 0 radical (unpaired) electrons. The molecular formula is C21H29N3O5. The van der Waals surface area contributed by atoms with Crippen LogP contribution in [0.1, 0.15) is 46.6 Å². The first-order valence-corrected chi connectivity index (χ1v) is 9.94. The highest BCUT2D eigenvalue weighted by Gasteiger charge is 2.30. The molecule has 8 nitrogen and oxygen atoms in total. The average Bonchev–Trinajstić information content (AvgIpc) is 2.67. The molecule has 0 saturated carbocycles. The highest BCUT2D eigenvalue weighted by Crippen LogP contribution is 2.28. The van der Waals surface area contributed by atoms with Crippen molar-refractivity contribution in [3.63, 3.8) is 0 Å². The number of hydrogen-bond donors (Lipinski definition) is 0. The lowest BCUT2D eigenvalue weighted by Gasteiger charge is -2.34. The number of benzene rings is 1. The molecule has 1 aromatic carbocycles. The summed E-state index contributed by atoms with van der Waals surface area (Å²) in [4.78, 5) is 31.8. The number of hydrogen-bond acceptors (Lipinski definition) is 6. The van der Waals surface area contributed by atoms with Gasteiger partial charge in [-0.25, -0.2) is 4.79 Å². The predicted molar refractivity (Wildman–Crippen MR) is 110 cm³/mol. The summed E-state index contributed by atoms with van der Waals surface area (Å²) in [5, 5.41) is 0.488. The highest BCUT2D eigenvalue weighted by molar-refractivity contribution is 5.79. The van der Waals surface area contributed by atoms with E-state index >= 15 is 0 Å². The van der Waals surface area contributed by atoms with Crippen molar-refractivity contribution >= 4 is 17.0 Å². The summed E-state index contributed by atoms with van der Waals surface area (Å²) in [6.07, 6.45) is 0.918. The molecule has 1 aliphatic heterocycles. The van der Waals surface area contributed by atoms with Crippen molar-refractivity contribution in [2.24, 2.45) is 0 Å². The number of carbonyl (C=O) groups is 1. The lowest BCUT2D eigenvalue weighted by atomic mass is 10.0. The van der Waals surface area contributed by atoms with Gasteiger partial charge in [0.05, 0.1) is 24.6 Å². The van der Waals surface area contributed by atoms with E-state index < -0.39 is 5.60 Å². The third-order valence-electron chi connectivity index (χ3n) is 4.83. The summed E-state index contributed by atoms with van der Waals surface area (Å²) >= 11 is 0. The van der Waals surface area contributed by atoms with Crippen LogP contribution in [0.4, 0.5) is 4.79 Å². The van der Waals surface area contributed by atoms with Gasteiger partial charge >= 0.3 is 6.09 Å². The van der Waals surface area contributed by atoms with Crippen molar-refractivity contribution in [2.75, 3.05) is 26.8 Å². The molecule has 1 aliphatic rings. The number of methoxy groups -OCH3 is 1. The summed E-state index contributed by atoms with van der Waals surface area (Å²) in [6, 6.07) is 5.44. The molecule has 1 fully saturated rings. The maximum Gasteiger partial charge on any atom is 0.410 e. The molecule has 8 heteroatoms. The van der Waals surface area contributed by atoms with Crippen LogP contribution in [0.5, 0.6) is 11.8 Å². The van der Waals surface area contributed by atoms with E-state index in [1.165, 1.54) is 0 Å². The van der Waals surface area contributed by atoms with Crippen LogP contribution in [-0.2, 0) is 4.74 Å². The maximum absolute atomic E-state index is 13.3. The number of aromatic nitrogens is 2. The molecule has 0 bridgehead atoms. The van der Waals surface area contributed by atoms with E-state index in [1.807, 2.05) is 27.7 Å². The monoisotopic (exact) mass is 403 g/mol. The van der Waals surface area contributed by atoms with Crippen LogP contribution in [0, 0.1) is 0 Å². The molecule has 29 heavy (non-hydrogen) atoms. The lowest BCUT2D eigenvalue weighted by Crippen LogP contribution is -2.43. The molecular weight excluding hydrogens is 374 g/mol. The van der Waals surface area contributed by atoms with E-state index in [0.29, 0.717) is 55.2 Å². The molecule has 1 saturated heterocycles. The fraction of sp³-hybridized carbons (Fsp3) is 0.571. The van der Waals surface area contributed by atoms with Crippen LogP contribution < -0.4 is 15.0 Å². The summed E-state index contributed by atoms with van der Waals surface area (Å²) in [6.45, 7) is 8.83. The second-order valence-electron chi connectivity index (χ2n) is 8.08. The zero-order valence-electron chi connectivity index (χ0n) is 17.7. The molecule has 0 spiro atoms.